The molecule has 10 heteroatoms. The first-order valence-electron chi connectivity index (χ1n) is 8.73. The van der Waals surface area contributed by atoms with Crippen molar-refractivity contribution in [1.29, 1.82) is 0 Å². The summed E-state index contributed by atoms with van der Waals surface area (Å²) in [6.07, 6.45) is 0.166. The predicted octanol–water partition coefficient (Wildman–Crippen LogP) is 0.884. The molecule has 2 fully saturated rings. The molecule has 2 saturated heterocycles. The second kappa shape index (κ2) is 8.68. The summed E-state index contributed by atoms with van der Waals surface area (Å²) >= 11 is -2.41. The maximum atomic E-state index is 12.7. The molecule has 2 atom stereocenters. The lowest BCUT2D eigenvalue weighted by molar-refractivity contribution is 0.0370. The number of carbonyl (C=O) groups is 2. The highest BCUT2D eigenvalue weighted by molar-refractivity contribution is 7.80. The van der Waals surface area contributed by atoms with Gasteiger partial charge in [-0.05, 0) is 30.7 Å². The highest BCUT2D eigenvalue weighted by Gasteiger charge is 2.28. The second-order valence-corrected chi connectivity index (χ2v) is 7.19. The zero-order chi connectivity index (χ0) is 19.4. The maximum absolute atomic E-state index is 12.7. The molecular formula is C17H22N3O6S-. The molecule has 1 aromatic carbocycles. The minimum Gasteiger partial charge on any atom is -0.755 e. The Hall–Kier alpha value is -2.17. The molecule has 2 aliphatic rings. The van der Waals surface area contributed by atoms with Crippen LogP contribution in [0.15, 0.2) is 18.2 Å². The molecule has 0 aliphatic carbocycles. The zero-order valence-electron chi connectivity index (χ0n) is 15.0. The van der Waals surface area contributed by atoms with E-state index in [-0.39, 0.29) is 18.1 Å². The molecule has 1 N–H and O–H groups in total. The fraction of sp³-hybridized carbons (Fsp3) is 0.529. The third kappa shape index (κ3) is 4.96. The van der Waals surface area contributed by atoms with Gasteiger partial charge in [0.05, 0.1) is 13.2 Å². The van der Waals surface area contributed by atoms with E-state index in [1.54, 1.807) is 34.9 Å². The fourth-order valence-electron chi connectivity index (χ4n) is 3.10. The summed E-state index contributed by atoms with van der Waals surface area (Å²) in [7, 11) is 0. The van der Waals surface area contributed by atoms with Crippen molar-refractivity contribution in [3.05, 3.63) is 29.3 Å². The van der Waals surface area contributed by atoms with Crippen molar-refractivity contribution in [3.63, 3.8) is 0 Å². The van der Waals surface area contributed by atoms with Crippen molar-refractivity contribution in [1.82, 2.24) is 9.80 Å². The van der Waals surface area contributed by atoms with Crippen molar-refractivity contribution in [2.45, 2.75) is 19.4 Å². The SMILES string of the molecule is Cc1cc(C(=O)N2CCN(C(=O)OC3CCOC3)CC2)ccc1NS(=O)[O-]. The van der Waals surface area contributed by atoms with Crippen molar-refractivity contribution in [2.75, 3.05) is 44.1 Å². The molecule has 3 rings (SSSR count). The van der Waals surface area contributed by atoms with Crippen molar-refractivity contribution in [2.24, 2.45) is 0 Å². The lowest BCUT2D eigenvalue weighted by Gasteiger charge is -2.34. The maximum Gasteiger partial charge on any atom is 0.410 e. The van der Waals surface area contributed by atoms with Gasteiger partial charge in [-0.3, -0.25) is 9.00 Å². The van der Waals surface area contributed by atoms with Crippen molar-refractivity contribution < 1.29 is 27.8 Å². The molecule has 0 bridgehead atoms. The normalized spacial score (nSPS) is 21.0. The highest BCUT2D eigenvalue weighted by atomic mass is 32.2. The van der Waals surface area contributed by atoms with Gasteiger partial charge < -0.3 is 28.5 Å². The molecule has 2 amide bonds. The number of aryl methyl sites for hydroxylation is 1. The molecule has 9 nitrogen and oxygen atoms in total. The van der Waals surface area contributed by atoms with Crippen LogP contribution in [0.25, 0.3) is 0 Å². The molecule has 2 unspecified atom stereocenters. The van der Waals surface area contributed by atoms with Gasteiger partial charge in [-0.15, -0.1) is 0 Å². The average Bonchev–Trinajstić information content (AvgIpc) is 3.15. The van der Waals surface area contributed by atoms with Crippen LogP contribution in [-0.4, -0.2) is 76.1 Å². The van der Waals surface area contributed by atoms with E-state index in [0.29, 0.717) is 62.6 Å². The number of rotatable bonds is 4. The van der Waals surface area contributed by atoms with Crippen LogP contribution in [-0.2, 0) is 20.7 Å². The summed E-state index contributed by atoms with van der Waals surface area (Å²) in [5.74, 6) is -0.148. The van der Waals surface area contributed by atoms with Crippen LogP contribution in [0.5, 0.6) is 0 Å². The Morgan fingerprint density at radius 2 is 1.96 bits per heavy atom. The smallest absolute Gasteiger partial charge is 0.410 e. The van der Waals surface area contributed by atoms with Gasteiger partial charge in [0, 0.05) is 55.1 Å². The van der Waals surface area contributed by atoms with E-state index in [2.05, 4.69) is 4.72 Å². The molecule has 1 aromatic rings. The average molecular weight is 396 g/mol. The number of nitrogens with zero attached hydrogens (tertiary/aromatic N) is 2. The lowest BCUT2D eigenvalue weighted by Crippen LogP contribution is -2.51. The number of nitrogens with one attached hydrogen (secondary N) is 1. The van der Waals surface area contributed by atoms with Gasteiger partial charge in [0.1, 0.15) is 6.10 Å². The number of hydrogen-bond acceptors (Lipinski definition) is 6. The monoisotopic (exact) mass is 396 g/mol. The quantitative estimate of drug-likeness (QED) is 0.757. The minimum absolute atomic E-state index is 0.148. The third-order valence-electron chi connectivity index (χ3n) is 4.65. The Morgan fingerprint density at radius 3 is 2.56 bits per heavy atom. The van der Waals surface area contributed by atoms with Crippen molar-refractivity contribution >= 4 is 29.0 Å². The largest absolute Gasteiger partial charge is 0.755 e. The van der Waals surface area contributed by atoms with E-state index in [4.69, 9.17) is 9.47 Å². The summed E-state index contributed by atoms with van der Waals surface area (Å²) in [6, 6.07) is 4.80. The number of carbonyl (C=O) groups excluding carboxylic acids is 2. The first kappa shape index (κ1) is 19.6. The Labute approximate surface area is 160 Å². The number of benzene rings is 1. The number of piperazine rings is 1. The molecule has 2 heterocycles. The van der Waals surface area contributed by atoms with E-state index >= 15 is 0 Å². The molecule has 0 radical (unpaired) electrons. The van der Waals surface area contributed by atoms with Gasteiger partial charge in [0.2, 0.25) is 0 Å². The van der Waals surface area contributed by atoms with Gasteiger partial charge in [0.25, 0.3) is 5.91 Å². The molecular weight excluding hydrogens is 374 g/mol. The summed E-state index contributed by atoms with van der Waals surface area (Å²) in [4.78, 5) is 28.1. The number of ether oxygens (including phenoxy) is 2. The van der Waals surface area contributed by atoms with E-state index in [0.717, 1.165) is 0 Å². The number of anilines is 1. The molecule has 0 saturated carbocycles. The van der Waals surface area contributed by atoms with E-state index in [9.17, 15) is 18.4 Å². The van der Waals surface area contributed by atoms with Crippen LogP contribution < -0.4 is 4.72 Å². The van der Waals surface area contributed by atoms with Gasteiger partial charge in [-0.2, -0.15) is 0 Å². The zero-order valence-corrected chi connectivity index (χ0v) is 15.8. The van der Waals surface area contributed by atoms with Gasteiger partial charge in [0.15, 0.2) is 0 Å². The molecule has 2 aliphatic heterocycles. The first-order valence-corrected chi connectivity index (χ1v) is 9.80. The van der Waals surface area contributed by atoms with Crippen LogP contribution in [0, 0.1) is 6.92 Å². The van der Waals surface area contributed by atoms with E-state index in [1.807, 2.05) is 0 Å². The Balaban J connectivity index is 1.54. The first-order chi connectivity index (χ1) is 12.9. The van der Waals surface area contributed by atoms with Crippen LogP contribution in [0.3, 0.4) is 0 Å². The van der Waals surface area contributed by atoms with E-state index in [1.165, 1.54) is 0 Å². The van der Waals surface area contributed by atoms with Crippen LogP contribution >= 0.6 is 0 Å². The molecule has 148 valence electrons. The summed E-state index contributed by atoms with van der Waals surface area (Å²) < 4.78 is 34.4. The van der Waals surface area contributed by atoms with Gasteiger partial charge in [-0.25, -0.2) is 4.79 Å². The minimum atomic E-state index is -2.41. The van der Waals surface area contributed by atoms with Gasteiger partial charge in [-0.1, -0.05) is 0 Å². The number of amides is 2. The second-order valence-electron chi connectivity index (χ2n) is 6.52. The van der Waals surface area contributed by atoms with Crippen molar-refractivity contribution in [3.8, 4) is 0 Å². The summed E-state index contributed by atoms with van der Waals surface area (Å²) in [5, 5.41) is 0. The van der Waals surface area contributed by atoms with Crippen LogP contribution in [0.4, 0.5) is 10.5 Å². The molecule has 0 aromatic heterocycles. The fourth-order valence-corrected chi connectivity index (χ4v) is 3.51. The third-order valence-corrected chi connectivity index (χ3v) is 5.03. The summed E-state index contributed by atoms with van der Waals surface area (Å²) in [5.41, 5.74) is 1.57. The predicted molar refractivity (Wildman–Crippen MR) is 96.9 cm³/mol. The van der Waals surface area contributed by atoms with Crippen LogP contribution in [0.1, 0.15) is 22.3 Å². The Bertz CT molecular complexity index is 729. The lowest BCUT2D eigenvalue weighted by atomic mass is 10.1. The van der Waals surface area contributed by atoms with E-state index < -0.39 is 11.3 Å². The van der Waals surface area contributed by atoms with Crippen LogP contribution in [0.2, 0.25) is 0 Å². The Kier molecular flexibility index (Phi) is 6.30. The topological polar surface area (TPSA) is 111 Å². The molecule has 0 spiro atoms. The standard InChI is InChI=1S/C17H23N3O6S/c1-12-10-13(2-3-15(12)18-27(23)24)16(21)19-5-7-20(8-6-19)17(22)26-14-4-9-25-11-14/h2-3,10,14,18H,4-9,11H2,1H3,(H,23,24)/p-1. The summed E-state index contributed by atoms with van der Waals surface area (Å²) in [6.45, 7) is 4.43. The highest BCUT2D eigenvalue weighted by Crippen LogP contribution is 2.19. The van der Waals surface area contributed by atoms with Gasteiger partial charge >= 0.3 is 6.09 Å². The molecule has 27 heavy (non-hydrogen) atoms. The number of hydrogen-bond donors (Lipinski definition) is 1. The Morgan fingerprint density at radius 1 is 1.26 bits per heavy atom.